The predicted octanol–water partition coefficient (Wildman–Crippen LogP) is 2.77. The van der Waals surface area contributed by atoms with Crippen LogP contribution in [0, 0.1) is 5.82 Å². The highest BCUT2D eigenvalue weighted by Gasteiger charge is 2.33. The number of rotatable bonds is 1. The largest absolute Gasteiger partial charge is 0.366 e. The molecule has 0 aromatic heterocycles. The summed E-state index contributed by atoms with van der Waals surface area (Å²) in [5.41, 5.74) is 0.812. The van der Waals surface area contributed by atoms with Gasteiger partial charge in [0.25, 0.3) is 0 Å². The van der Waals surface area contributed by atoms with Gasteiger partial charge in [-0.3, -0.25) is 4.79 Å². The van der Waals surface area contributed by atoms with Crippen LogP contribution < -0.4 is 4.90 Å². The van der Waals surface area contributed by atoms with E-state index in [2.05, 4.69) is 4.90 Å². The summed E-state index contributed by atoms with van der Waals surface area (Å²) in [7, 11) is 0. The molecule has 2 rings (SSSR count). The average molecular weight is 221 g/mol. The number of piperidine rings is 1. The number of ketones is 1. The molecule has 0 N–H and O–H groups in total. The molecule has 1 aromatic carbocycles. The number of anilines is 1. The first-order chi connectivity index (χ1) is 7.49. The first-order valence-corrected chi connectivity index (χ1v) is 5.54. The summed E-state index contributed by atoms with van der Waals surface area (Å²) >= 11 is 0. The number of carbonyl (C=O) groups excluding carboxylic acids is 1. The van der Waals surface area contributed by atoms with Gasteiger partial charge in [0.1, 0.15) is 11.6 Å². The maximum Gasteiger partial charge on any atom is 0.136 e. The number of halogens is 1. The molecule has 1 aliphatic heterocycles. The van der Waals surface area contributed by atoms with Gasteiger partial charge in [0.2, 0.25) is 0 Å². The first-order valence-electron chi connectivity index (χ1n) is 5.54. The fraction of sp³-hybridized carbons (Fsp3) is 0.462. The van der Waals surface area contributed by atoms with E-state index >= 15 is 0 Å². The first kappa shape index (κ1) is 11.1. The van der Waals surface area contributed by atoms with Gasteiger partial charge in [0.05, 0.1) is 0 Å². The van der Waals surface area contributed by atoms with E-state index in [1.807, 2.05) is 13.8 Å². The molecule has 1 heterocycles. The molecule has 1 aliphatic rings. The summed E-state index contributed by atoms with van der Waals surface area (Å²) in [6, 6.07) is 6.46. The van der Waals surface area contributed by atoms with Crippen molar-refractivity contribution in [3.8, 4) is 0 Å². The van der Waals surface area contributed by atoms with Crippen molar-refractivity contribution < 1.29 is 9.18 Å². The van der Waals surface area contributed by atoms with Crippen LogP contribution in [0.25, 0.3) is 0 Å². The Balaban J connectivity index is 2.26. The van der Waals surface area contributed by atoms with Gasteiger partial charge in [0.15, 0.2) is 0 Å². The van der Waals surface area contributed by atoms with Crippen LogP contribution in [-0.4, -0.2) is 17.9 Å². The summed E-state index contributed by atoms with van der Waals surface area (Å²) in [5.74, 6) is 0.0815. The standard InChI is InChI=1S/C13H16FNO/c1-13(2)9-12(16)7-8-15(13)11-5-3-10(14)4-6-11/h3-6H,7-9H2,1-2H3. The van der Waals surface area contributed by atoms with Gasteiger partial charge in [-0.2, -0.15) is 0 Å². The average Bonchev–Trinajstić information content (AvgIpc) is 2.18. The highest BCUT2D eigenvalue weighted by Crippen LogP contribution is 2.30. The Morgan fingerprint density at radius 1 is 1.25 bits per heavy atom. The van der Waals surface area contributed by atoms with Crippen LogP contribution in [0.1, 0.15) is 26.7 Å². The summed E-state index contributed by atoms with van der Waals surface area (Å²) in [4.78, 5) is 13.6. The molecule has 0 bridgehead atoms. The minimum Gasteiger partial charge on any atom is -0.366 e. The maximum absolute atomic E-state index is 12.8. The number of carbonyl (C=O) groups is 1. The summed E-state index contributed by atoms with van der Waals surface area (Å²) in [6.45, 7) is 4.82. The molecule has 86 valence electrons. The lowest BCUT2D eigenvalue weighted by atomic mass is 9.89. The monoisotopic (exact) mass is 221 g/mol. The van der Waals surface area contributed by atoms with Crippen LogP contribution in [0.15, 0.2) is 24.3 Å². The molecule has 2 nitrogen and oxygen atoms in total. The van der Waals surface area contributed by atoms with Crippen LogP contribution in [0.5, 0.6) is 0 Å². The Bertz CT molecular complexity index is 397. The molecule has 1 saturated heterocycles. The molecular weight excluding hydrogens is 205 g/mol. The molecule has 0 spiro atoms. The van der Waals surface area contributed by atoms with E-state index in [4.69, 9.17) is 0 Å². The van der Waals surface area contributed by atoms with Crippen molar-refractivity contribution in [1.82, 2.24) is 0 Å². The number of hydrogen-bond donors (Lipinski definition) is 0. The van der Waals surface area contributed by atoms with Gasteiger partial charge in [-0.1, -0.05) is 0 Å². The Morgan fingerprint density at radius 2 is 1.88 bits per heavy atom. The summed E-state index contributed by atoms with van der Waals surface area (Å²) in [5, 5.41) is 0. The van der Waals surface area contributed by atoms with Crippen molar-refractivity contribution in [2.75, 3.05) is 11.4 Å². The number of Topliss-reactive ketones (excluding diaryl/α,β-unsaturated/α-hetero) is 1. The number of benzene rings is 1. The van der Waals surface area contributed by atoms with Gasteiger partial charge in [-0.25, -0.2) is 4.39 Å². The van der Waals surface area contributed by atoms with Gasteiger partial charge >= 0.3 is 0 Å². The smallest absolute Gasteiger partial charge is 0.136 e. The van der Waals surface area contributed by atoms with Crippen LogP contribution in [0.2, 0.25) is 0 Å². The molecule has 0 atom stereocenters. The van der Waals surface area contributed by atoms with Crippen LogP contribution >= 0.6 is 0 Å². The molecule has 0 aliphatic carbocycles. The number of nitrogens with zero attached hydrogens (tertiary/aromatic N) is 1. The molecule has 16 heavy (non-hydrogen) atoms. The van der Waals surface area contributed by atoms with Gasteiger partial charge in [0, 0.05) is 30.6 Å². The third-order valence-corrected chi connectivity index (χ3v) is 3.11. The number of hydrogen-bond acceptors (Lipinski definition) is 2. The van der Waals surface area contributed by atoms with E-state index in [1.165, 1.54) is 12.1 Å². The summed E-state index contributed by atoms with van der Waals surface area (Å²) < 4.78 is 12.8. The zero-order valence-electron chi connectivity index (χ0n) is 9.66. The van der Waals surface area contributed by atoms with Crippen molar-refractivity contribution >= 4 is 11.5 Å². The van der Waals surface area contributed by atoms with E-state index in [1.54, 1.807) is 12.1 Å². The fourth-order valence-electron chi connectivity index (χ4n) is 2.31. The Kier molecular flexibility index (Phi) is 2.70. The normalized spacial score (nSPS) is 19.9. The van der Waals surface area contributed by atoms with E-state index in [-0.39, 0.29) is 11.4 Å². The zero-order valence-corrected chi connectivity index (χ0v) is 9.66. The van der Waals surface area contributed by atoms with Crippen molar-refractivity contribution in [3.63, 3.8) is 0 Å². The van der Waals surface area contributed by atoms with Crippen LogP contribution in [-0.2, 0) is 4.79 Å². The zero-order chi connectivity index (χ0) is 11.8. The molecule has 1 aromatic rings. The minimum atomic E-state index is -0.227. The summed E-state index contributed by atoms with van der Waals surface area (Å²) in [6.07, 6.45) is 1.14. The highest BCUT2D eigenvalue weighted by molar-refractivity contribution is 5.82. The lowest BCUT2D eigenvalue weighted by Gasteiger charge is -2.43. The van der Waals surface area contributed by atoms with Crippen LogP contribution in [0.3, 0.4) is 0 Å². The quantitative estimate of drug-likeness (QED) is 0.726. The Labute approximate surface area is 95.1 Å². The topological polar surface area (TPSA) is 20.3 Å². The molecule has 0 radical (unpaired) electrons. The lowest BCUT2D eigenvalue weighted by Crippen LogP contribution is -2.50. The maximum atomic E-state index is 12.8. The van der Waals surface area contributed by atoms with Crippen LogP contribution in [0.4, 0.5) is 10.1 Å². The second-order valence-electron chi connectivity index (χ2n) is 4.91. The second kappa shape index (κ2) is 3.89. The fourth-order valence-corrected chi connectivity index (χ4v) is 2.31. The van der Waals surface area contributed by atoms with E-state index < -0.39 is 0 Å². The Morgan fingerprint density at radius 3 is 2.44 bits per heavy atom. The van der Waals surface area contributed by atoms with Gasteiger partial charge in [-0.05, 0) is 38.1 Å². The van der Waals surface area contributed by atoms with E-state index in [9.17, 15) is 9.18 Å². The minimum absolute atomic E-state index is 0.173. The SMILES string of the molecule is CC1(C)CC(=O)CCN1c1ccc(F)cc1. The van der Waals surface area contributed by atoms with Crippen molar-refractivity contribution in [2.45, 2.75) is 32.2 Å². The molecule has 3 heteroatoms. The third kappa shape index (κ3) is 2.08. The van der Waals surface area contributed by atoms with Crippen molar-refractivity contribution in [3.05, 3.63) is 30.1 Å². The molecule has 0 amide bonds. The molecular formula is C13H16FNO. The van der Waals surface area contributed by atoms with Gasteiger partial charge in [-0.15, -0.1) is 0 Å². The second-order valence-corrected chi connectivity index (χ2v) is 4.91. The van der Waals surface area contributed by atoms with Crippen molar-refractivity contribution in [2.24, 2.45) is 0 Å². The predicted molar refractivity (Wildman–Crippen MR) is 62.1 cm³/mol. The van der Waals surface area contributed by atoms with Gasteiger partial charge < -0.3 is 4.90 Å². The molecule has 1 fully saturated rings. The Hall–Kier alpha value is -1.38. The lowest BCUT2D eigenvalue weighted by molar-refractivity contribution is -0.121. The highest BCUT2D eigenvalue weighted by atomic mass is 19.1. The van der Waals surface area contributed by atoms with Crippen molar-refractivity contribution in [1.29, 1.82) is 0 Å². The molecule has 0 unspecified atom stereocenters. The van der Waals surface area contributed by atoms with E-state index in [0.29, 0.717) is 18.6 Å². The van der Waals surface area contributed by atoms with E-state index in [0.717, 1.165) is 12.2 Å². The molecule has 0 saturated carbocycles. The third-order valence-electron chi connectivity index (χ3n) is 3.11.